The molecule has 1 aliphatic rings. The first-order valence-electron chi connectivity index (χ1n) is 26.4. The zero-order valence-corrected chi connectivity index (χ0v) is 40.6. The first kappa shape index (κ1) is 51.6. The van der Waals surface area contributed by atoms with Crippen LogP contribution < -0.4 is 0 Å². The quantitative estimate of drug-likeness (QED) is 0.0479. The molecule has 0 saturated heterocycles. The molecule has 0 aliphatic carbocycles. The predicted octanol–water partition coefficient (Wildman–Crippen LogP) is 19.4. The molecule has 2 nitrogen and oxygen atoms in total. The monoisotopic (exact) mass is 819 g/mol. The summed E-state index contributed by atoms with van der Waals surface area (Å²) in [5.41, 5.74) is 25.2. The molecule has 2 aromatic carbocycles. The largest absolute Gasteiger partial charge is 0.493 e. The molecule has 3 rings (SSSR count). The molecule has 0 N–H and O–H groups in total. The van der Waals surface area contributed by atoms with Crippen LogP contribution >= 0.6 is 0 Å². The van der Waals surface area contributed by atoms with Crippen molar-refractivity contribution in [1.82, 2.24) is 0 Å². The Labute approximate surface area is 373 Å². The van der Waals surface area contributed by atoms with E-state index in [2.05, 4.69) is 90.1 Å². The molecular weight excluding hydrogens is 725 g/mol. The maximum Gasteiger partial charge on any atom is 0.215 e. The number of rotatable bonds is 37. The van der Waals surface area contributed by atoms with Gasteiger partial charge in [-0.05, 0) is 117 Å². The molecular formula is C58H94N2. The van der Waals surface area contributed by atoms with Gasteiger partial charge in [-0.2, -0.15) is 0 Å². The lowest BCUT2D eigenvalue weighted by Crippen LogP contribution is -2.05. The van der Waals surface area contributed by atoms with Crippen molar-refractivity contribution in [3.05, 3.63) is 98.6 Å². The second-order valence-corrected chi connectivity index (χ2v) is 18.7. The van der Waals surface area contributed by atoms with Crippen LogP contribution in [0.15, 0.2) is 59.7 Å². The number of aryl methyl sites for hydroxylation is 4. The van der Waals surface area contributed by atoms with E-state index in [1.54, 1.807) is 4.70 Å². The Morgan fingerprint density at radius 2 is 0.700 bits per heavy atom. The van der Waals surface area contributed by atoms with Gasteiger partial charge < -0.3 is 5.53 Å². The van der Waals surface area contributed by atoms with Gasteiger partial charge in [0.2, 0.25) is 11.4 Å². The summed E-state index contributed by atoms with van der Waals surface area (Å²) in [5.74, 6) is 0. The maximum atomic E-state index is 12.6. The molecule has 1 heterocycles. The summed E-state index contributed by atoms with van der Waals surface area (Å²) in [7, 11) is 0. The summed E-state index contributed by atoms with van der Waals surface area (Å²) in [6.45, 7) is 13.8. The molecule has 1 aliphatic heterocycles. The van der Waals surface area contributed by atoms with E-state index in [4.69, 9.17) is 0 Å². The van der Waals surface area contributed by atoms with Crippen LogP contribution in [0.4, 0.5) is 0 Å². The highest BCUT2D eigenvalue weighted by Crippen LogP contribution is 2.43. The van der Waals surface area contributed by atoms with E-state index in [1.807, 2.05) is 0 Å². The van der Waals surface area contributed by atoms with E-state index < -0.39 is 0 Å². The number of allylic oxidation sites excluding steroid dienone is 4. The van der Waals surface area contributed by atoms with Crippen LogP contribution in [0.25, 0.3) is 16.9 Å². The van der Waals surface area contributed by atoms with Crippen molar-refractivity contribution in [3.63, 3.8) is 0 Å². The fourth-order valence-corrected chi connectivity index (χ4v) is 9.44. The molecule has 0 bridgehead atoms. The molecule has 0 aromatic heterocycles. The van der Waals surface area contributed by atoms with E-state index in [0.717, 1.165) is 49.9 Å². The molecule has 2 aromatic rings. The third-order valence-electron chi connectivity index (χ3n) is 13.1. The summed E-state index contributed by atoms with van der Waals surface area (Å²) < 4.78 is 1.63. The lowest BCUT2D eigenvalue weighted by atomic mass is 9.92. The van der Waals surface area contributed by atoms with E-state index >= 15 is 0 Å². The number of benzene rings is 2. The van der Waals surface area contributed by atoms with Crippen molar-refractivity contribution < 1.29 is 4.70 Å². The molecule has 2 heteroatoms. The van der Waals surface area contributed by atoms with E-state index in [-0.39, 0.29) is 0 Å². The average Bonchev–Trinajstić information content (AvgIpc) is 3.54. The second kappa shape index (κ2) is 32.9. The van der Waals surface area contributed by atoms with Crippen LogP contribution in [0, 0.1) is 0 Å². The van der Waals surface area contributed by atoms with Gasteiger partial charge in [0.25, 0.3) is 0 Å². The van der Waals surface area contributed by atoms with Gasteiger partial charge in [-0.15, -0.1) is 0 Å². The highest BCUT2D eigenvalue weighted by Gasteiger charge is 2.34. The zero-order valence-electron chi connectivity index (χ0n) is 40.6. The molecule has 0 saturated carbocycles. The minimum Gasteiger partial charge on any atom is -0.493 e. The van der Waals surface area contributed by atoms with Crippen molar-refractivity contribution in [2.45, 2.75) is 260 Å². The van der Waals surface area contributed by atoms with Crippen LogP contribution in [-0.2, 0) is 25.7 Å². The summed E-state index contributed by atoms with van der Waals surface area (Å²) in [6, 6.07) is 14.6. The Kier molecular flexibility index (Phi) is 28.3. The highest BCUT2D eigenvalue weighted by molar-refractivity contribution is 5.84. The standard InChI is InChI=1S/C58H94N2/c1-7-13-18-21-22-23-24-25-26-27-28-29-30-31-32-37-42-56-55(12-6)57(53-45-49(38-33-16-10-4)43-51(46-53)40-35-19-14-8-2)60(59)58(56)54-47-50(39-34-17-11-5)44-52(48-54)41-36-20-15-9-3/h37,42-48H,7-36,38-41H2,1-6H3. The topological polar surface area (TPSA) is 25.3 Å². The average molecular weight is 819 g/mol. The Morgan fingerprint density at radius 1 is 0.383 bits per heavy atom. The first-order valence-corrected chi connectivity index (χ1v) is 26.4. The minimum absolute atomic E-state index is 0.889. The Hall–Kier alpha value is -2.74. The Bertz CT molecular complexity index is 1550. The number of nitrogens with zero attached hydrogens (tertiary/aromatic N) is 2. The van der Waals surface area contributed by atoms with Crippen LogP contribution in [0.1, 0.15) is 268 Å². The zero-order chi connectivity index (χ0) is 43.0. The van der Waals surface area contributed by atoms with E-state index in [9.17, 15) is 5.53 Å². The van der Waals surface area contributed by atoms with Crippen LogP contribution in [-0.4, -0.2) is 4.70 Å². The van der Waals surface area contributed by atoms with Gasteiger partial charge in [-0.1, -0.05) is 214 Å². The smallest absolute Gasteiger partial charge is 0.215 e. The molecule has 0 unspecified atom stereocenters. The first-order chi connectivity index (χ1) is 29.5. The lowest BCUT2D eigenvalue weighted by Gasteiger charge is -2.14. The summed E-state index contributed by atoms with van der Waals surface area (Å²) in [4.78, 5) is 0. The minimum atomic E-state index is 0.889. The summed E-state index contributed by atoms with van der Waals surface area (Å²) >= 11 is 0. The van der Waals surface area contributed by atoms with Gasteiger partial charge in [0, 0.05) is 16.7 Å². The summed E-state index contributed by atoms with van der Waals surface area (Å²) in [6.07, 6.45) is 48.4. The van der Waals surface area contributed by atoms with Gasteiger partial charge in [-0.25, -0.2) is 4.70 Å². The fourth-order valence-electron chi connectivity index (χ4n) is 9.44. The Balaban J connectivity index is 1.89. The van der Waals surface area contributed by atoms with Gasteiger partial charge >= 0.3 is 0 Å². The van der Waals surface area contributed by atoms with Crippen molar-refractivity contribution in [3.8, 4) is 0 Å². The van der Waals surface area contributed by atoms with Crippen LogP contribution in [0.5, 0.6) is 0 Å². The third kappa shape index (κ3) is 19.5. The second-order valence-electron chi connectivity index (χ2n) is 18.7. The number of hydrogen-bond donors (Lipinski definition) is 0. The highest BCUT2D eigenvalue weighted by atomic mass is 15.2. The van der Waals surface area contributed by atoms with E-state index in [1.165, 1.54) is 224 Å². The molecule has 0 fully saturated rings. The number of unbranched alkanes of at least 4 members (excludes halogenated alkanes) is 24. The van der Waals surface area contributed by atoms with Crippen molar-refractivity contribution in [1.29, 1.82) is 0 Å². The molecule has 0 spiro atoms. The van der Waals surface area contributed by atoms with Crippen molar-refractivity contribution >= 4 is 11.4 Å². The van der Waals surface area contributed by atoms with Gasteiger partial charge in [-0.3, -0.25) is 0 Å². The molecule has 0 amide bonds. The van der Waals surface area contributed by atoms with Crippen molar-refractivity contribution in [2.75, 3.05) is 0 Å². The van der Waals surface area contributed by atoms with E-state index in [0.29, 0.717) is 0 Å². The molecule has 60 heavy (non-hydrogen) atoms. The normalized spacial score (nSPS) is 13.3. The Morgan fingerprint density at radius 3 is 1.08 bits per heavy atom. The number of hydrogen-bond acceptors (Lipinski definition) is 0. The van der Waals surface area contributed by atoms with Crippen LogP contribution in [0.2, 0.25) is 0 Å². The SMILES string of the molecule is CCCCCCCCCCCCCCCCC=CC1=C(c2cc(CCCCC)cc(CCCCCC)c2)[N+](=[N-])C(c2cc(CCCCC)cc(CCCCCC)c2)=C1CC. The van der Waals surface area contributed by atoms with Crippen LogP contribution in [0.3, 0.4) is 0 Å². The fraction of sp³-hybridized carbons (Fsp3) is 0.690. The molecule has 0 atom stereocenters. The predicted molar refractivity (Wildman–Crippen MR) is 267 cm³/mol. The summed E-state index contributed by atoms with van der Waals surface area (Å²) in [5, 5.41) is 0. The molecule has 336 valence electrons. The van der Waals surface area contributed by atoms with Gasteiger partial charge in [0.15, 0.2) is 0 Å². The van der Waals surface area contributed by atoms with Gasteiger partial charge in [0.1, 0.15) is 0 Å². The lowest BCUT2D eigenvalue weighted by molar-refractivity contribution is -0.345. The van der Waals surface area contributed by atoms with Gasteiger partial charge in [0.05, 0.1) is 5.57 Å². The maximum absolute atomic E-state index is 12.6. The van der Waals surface area contributed by atoms with Crippen molar-refractivity contribution in [2.24, 2.45) is 0 Å². The third-order valence-corrected chi connectivity index (χ3v) is 13.1. The molecule has 0 radical (unpaired) electrons.